The van der Waals surface area contributed by atoms with E-state index in [1.165, 1.54) is 80.9 Å². The van der Waals surface area contributed by atoms with Gasteiger partial charge in [-0.3, -0.25) is 14.4 Å². The largest absolute Gasteiger partial charge is 0.460 e. The number of Topliss-reactive ketones (excluding diaryl/α,β-unsaturated/α-hetero) is 2. The Morgan fingerprint density at radius 1 is 0.663 bits per heavy atom. The molecule has 12 aliphatic rings. The molecular formula is C76H129N5O5. The van der Waals surface area contributed by atoms with E-state index in [1.807, 2.05) is 20.8 Å². The molecule has 6 bridgehead atoms. The highest BCUT2D eigenvalue weighted by Gasteiger charge is 2.71. The van der Waals surface area contributed by atoms with Gasteiger partial charge in [0.1, 0.15) is 11.4 Å². The van der Waals surface area contributed by atoms with Crippen molar-refractivity contribution < 1.29 is 24.2 Å². The van der Waals surface area contributed by atoms with Gasteiger partial charge in [0.15, 0.2) is 5.78 Å². The molecule has 0 aromatic carbocycles. The maximum Gasteiger partial charge on any atom is 0.309 e. The highest BCUT2D eigenvalue weighted by Crippen LogP contribution is 2.77. The van der Waals surface area contributed by atoms with Crippen molar-refractivity contribution in [1.29, 1.82) is 0 Å². The van der Waals surface area contributed by atoms with Crippen molar-refractivity contribution in [2.45, 2.75) is 284 Å². The van der Waals surface area contributed by atoms with Crippen LogP contribution in [0.1, 0.15) is 260 Å². The molecule has 86 heavy (non-hydrogen) atoms. The van der Waals surface area contributed by atoms with Crippen LogP contribution in [-0.4, -0.2) is 79.2 Å². The fraction of sp³-hybridized carbons (Fsp3) is 0.882. The minimum atomic E-state index is -0.655. The van der Waals surface area contributed by atoms with Gasteiger partial charge >= 0.3 is 5.97 Å². The van der Waals surface area contributed by atoms with Crippen LogP contribution >= 0.6 is 0 Å². The standard InChI is InChI=1S/C42H65NO4.C22H40N2.C10H16O.C2H8N2/c1-25(2)34-30(44)23-42(33(45)24-43)22-21-40(9)29(35(34)42)15-16-32-39(8)19-17-28(38(6,7)31(39)18-20-41(32,40)10)26-11-13-27(14-12-26)36(46)47-37(3,4)5;1-19(2)15-7-9-21(19,5)17(13-15)23-11-12-24-18-14-16-8-10-22(18,6)20(16,3)4;1-9(2)7-4-5-10(9,3)8(11)6-7;3-1-2-4/h11,17,25,27,29,31-33,45H,12-16,18-24,43H2,1-10H3;15-18,23-24H,7-14H2,1-6H3;7H,4-6H2,1-3H3;1-4H2/t27?,29-,31+,32-,33+,39+,40-,41-,42+;;;/m1.../s1. The Balaban J connectivity index is 0.000000185. The molecule has 12 aliphatic carbocycles. The number of carbonyl (C=O) groups is 3. The van der Waals surface area contributed by atoms with Gasteiger partial charge in [0, 0.05) is 68.5 Å². The van der Waals surface area contributed by atoms with Gasteiger partial charge in [-0.2, -0.15) is 0 Å². The third-order valence-corrected chi connectivity index (χ3v) is 30.6. The number of fused-ring (bicyclic) bond motifs is 13. The summed E-state index contributed by atoms with van der Waals surface area (Å²) in [5.74, 6) is 4.95. The second kappa shape index (κ2) is 23.4. The molecule has 10 heteroatoms. The topological polar surface area (TPSA) is 183 Å². The molecule has 0 saturated heterocycles. The molecule has 12 rings (SSSR count). The van der Waals surface area contributed by atoms with Crippen LogP contribution < -0.4 is 27.8 Å². The smallest absolute Gasteiger partial charge is 0.309 e. The first kappa shape index (κ1) is 68.2. The van der Waals surface area contributed by atoms with Crippen LogP contribution in [0, 0.1) is 107 Å². The summed E-state index contributed by atoms with van der Waals surface area (Å²) in [6.07, 6.45) is 26.9. The Morgan fingerprint density at radius 3 is 1.64 bits per heavy atom. The summed E-state index contributed by atoms with van der Waals surface area (Å²) in [4.78, 5) is 38.1. The third-order valence-electron chi connectivity index (χ3n) is 30.6. The van der Waals surface area contributed by atoms with E-state index in [9.17, 15) is 19.5 Å². The molecule has 9 saturated carbocycles. The lowest BCUT2D eigenvalue weighted by Gasteiger charge is -2.71. The lowest BCUT2D eigenvalue weighted by Crippen LogP contribution is -2.64. The van der Waals surface area contributed by atoms with Crippen LogP contribution in [0.2, 0.25) is 0 Å². The zero-order valence-electron chi connectivity index (χ0n) is 58.5. The fourth-order valence-electron chi connectivity index (χ4n) is 23.6. The molecule has 488 valence electrons. The Bertz CT molecular complexity index is 2610. The number of allylic oxidation sites excluding steroid dienone is 5. The van der Waals surface area contributed by atoms with Gasteiger partial charge in [-0.15, -0.1) is 0 Å². The third kappa shape index (κ3) is 10.5. The number of hydrogen-bond acceptors (Lipinski definition) is 10. The molecule has 0 aliphatic heterocycles. The number of rotatable bonds is 11. The molecule has 0 amide bonds. The number of nitrogens with one attached hydrogen (secondary N) is 2. The molecule has 9 N–H and O–H groups in total. The van der Waals surface area contributed by atoms with E-state index < -0.39 is 17.1 Å². The Kier molecular flexibility index (Phi) is 18.6. The summed E-state index contributed by atoms with van der Waals surface area (Å²) in [5, 5.41) is 19.4. The maximum atomic E-state index is 13.7. The van der Waals surface area contributed by atoms with Crippen molar-refractivity contribution >= 4 is 17.5 Å². The highest BCUT2D eigenvalue weighted by atomic mass is 16.6. The van der Waals surface area contributed by atoms with Crippen LogP contribution in [0.15, 0.2) is 34.4 Å². The summed E-state index contributed by atoms with van der Waals surface area (Å²) in [5.41, 5.74) is 23.3. The van der Waals surface area contributed by atoms with E-state index in [4.69, 9.17) is 21.9 Å². The molecule has 9 unspecified atom stereocenters. The van der Waals surface area contributed by atoms with E-state index in [-0.39, 0.29) is 62.6 Å². The quantitative estimate of drug-likeness (QED) is 0.0860. The predicted molar refractivity (Wildman–Crippen MR) is 354 cm³/mol. The number of hydrogen-bond donors (Lipinski definition) is 6. The lowest BCUT2D eigenvalue weighted by atomic mass is 9.33. The Hall–Kier alpha value is -2.21. The van der Waals surface area contributed by atoms with Crippen molar-refractivity contribution in [3.63, 3.8) is 0 Å². The van der Waals surface area contributed by atoms with E-state index in [1.54, 1.807) is 0 Å². The average Bonchev–Trinajstić information content (AvgIpc) is 0.796. The van der Waals surface area contributed by atoms with Gasteiger partial charge in [-0.1, -0.05) is 129 Å². The lowest BCUT2D eigenvalue weighted by molar-refractivity contribution is -0.202. The first-order valence-electron chi connectivity index (χ1n) is 35.5. The van der Waals surface area contributed by atoms with Gasteiger partial charge in [-0.05, 0) is 243 Å². The van der Waals surface area contributed by atoms with Crippen LogP contribution in [0.3, 0.4) is 0 Å². The van der Waals surface area contributed by atoms with Gasteiger partial charge in [0.25, 0.3) is 0 Å². The summed E-state index contributed by atoms with van der Waals surface area (Å²) < 4.78 is 5.74. The molecule has 0 heterocycles. The number of ether oxygens (including phenoxy) is 1. The number of nitrogens with two attached hydrogens (primary N) is 3. The van der Waals surface area contributed by atoms with Crippen LogP contribution in [0.4, 0.5) is 0 Å². The molecule has 0 aromatic heterocycles. The van der Waals surface area contributed by atoms with Crippen molar-refractivity contribution in [3.05, 3.63) is 34.4 Å². The van der Waals surface area contributed by atoms with Gasteiger partial charge in [0.05, 0.1) is 12.0 Å². The highest BCUT2D eigenvalue weighted by molar-refractivity contribution is 6.00. The molecule has 10 nitrogen and oxygen atoms in total. The molecule has 0 aromatic rings. The van der Waals surface area contributed by atoms with Crippen molar-refractivity contribution in [2.24, 2.45) is 124 Å². The summed E-state index contributed by atoms with van der Waals surface area (Å²) in [7, 11) is 0. The fourth-order valence-corrected chi connectivity index (χ4v) is 23.6. The Labute approximate surface area is 525 Å². The first-order chi connectivity index (χ1) is 39.8. The molecule has 0 spiro atoms. The molecule has 9 fully saturated rings. The van der Waals surface area contributed by atoms with Crippen molar-refractivity contribution in [1.82, 2.24) is 10.6 Å². The van der Waals surface area contributed by atoms with Crippen LogP contribution in [0.25, 0.3) is 0 Å². The summed E-state index contributed by atoms with van der Waals surface area (Å²) in [6, 6.07) is 1.47. The van der Waals surface area contributed by atoms with Crippen molar-refractivity contribution in [2.75, 3.05) is 32.7 Å². The minimum absolute atomic E-state index is 0.0255. The first-order valence-corrected chi connectivity index (χ1v) is 35.5. The number of esters is 1. The monoisotopic (exact) mass is 1190 g/mol. The minimum Gasteiger partial charge on any atom is -0.460 e. The average molecular weight is 1190 g/mol. The van der Waals surface area contributed by atoms with Crippen molar-refractivity contribution in [3.8, 4) is 0 Å². The summed E-state index contributed by atoms with van der Waals surface area (Å²) >= 11 is 0. The van der Waals surface area contributed by atoms with Crippen LogP contribution in [0.5, 0.6) is 0 Å². The Morgan fingerprint density at radius 2 is 1.22 bits per heavy atom. The van der Waals surface area contributed by atoms with Crippen LogP contribution in [-0.2, 0) is 19.1 Å². The van der Waals surface area contributed by atoms with Gasteiger partial charge < -0.3 is 37.7 Å². The predicted octanol–water partition coefficient (Wildman–Crippen LogP) is 14.8. The molecular weight excluding hydrogens is 1060 g/mol. The normalized spacial score (nSPS) is 43.5. The second-order valence-electron chi connectivity index (χ2n) is 36.1. The maximum absolute atomic E-state index is 13.7. The second-order valence-corrected chi connectivity index (χ2v) is 36.1. The van der Waals surface area contributed by atoms with E-state index >= 15 is 0 Å². The van der Waals surface area contributed by atoms with Gasteiger partial charge in [0.2, 0.25) is 0 Å². The zero-order chi connectivity index (χ0) is 63.6. The zero-order valence-corrected chi connectivity index (χ0v) is 58.5. The van der Waals surface area contributed by atoms with E-state index in [0.717, 1.165) is 100 Å². The van der Waals surface area contributed by atoms with E-state index in [2.05, 4.69) is 134 Å². The van der Waals surface area contributed by atoms with Gasteiger partial charge in [-0.25, -0.2) is 0 Å². The number of carbonyl (C=O) groups excluding carboxylic acids is 3. The van der Waals surface area contributed by atoms with E-state index in [0.29, 0.717) is 70.6 Å². The molecule has 0 radical (unpaired) electrons. The summed E-state index contributed by atoms with van der Waals surface area (Å²) in [6.45, 7) is 48.5. The SMILES string of the molecule is CC(C)C1=C2[C@H]3CC[C@@H]4[C@@]5(C)CC=C(C6=CCC(C(=O)OC(C)(C)C)CC6)C(C)(C)[C@@H]5CC[C@@]4(C)[C@]3(C)CC[C@@]2([C@@H](O)CN)CC1=O.CC1(C)C2CCC1(C)C(NCCNC1CC3CCC1(C)C3(C)C)C2.CC12CCC(CC1=O)C2(C)C.NCCN. The number of aliphatic hydroxyl groups excluding tert-OH is 1. The number of ketones is 2. The number of aliphatic hydroxyl groups is 1. The molecule has 17 atom stereocenters.